The van der Waals surface area contributed by atoms with Crippen molar-refractivity contribution in [2.45, 2.75) is 0 Å². The van der Waals surface area contributed by atoms with Crippen molar-refractivity contribution in [1.29, 1.82) is 0 Å². The van der Waals surface area contributed by atoms with Crippen LogP contribution < -0.4 is 0 Å². The average Bonchev–Trinajstić information content (AvgIpc) is 0. The molecule has 0 aliphatic heterocycles. The molecule has 0 atom stereocenters. The molecule has 0 N–H and O–H groups in total. The van der Waals surface area contributed by atoms with Crippen LogP contribution in [0, 0.1) is 0 Å². The van der Waals surface area contributed by atoms with E-state index < -0.39 is 0 Å². The number of hydrogen-bond donors (Lipinski definition) is 0. The molecule has 0 aliphatic rings. The molecule has 40 valence electrons. The Balaban J connectivity index is 0. The van der Waals surface area contributed by atoms with Gasteiger partial charge in [0.2, 0.25) is 0 Å². The summed E-state index contributed by atoms with van der Waals surface area (Å²) in [6.07, 6.45) is 0. The third-order valence-electron chi connectivity index (χ3n) is 0. The zero-order chi connectivity index (χ0) is 0. The summed E-state index contributed by atoms with van der Waals surface area (Å²) in [6.45, 7) is 0. The molecule has 0 aromatic carbocycles. The number of rotatable bonds is 0. The maximum Gasteiger partial charge on any atom is 0 e. The van der Waals surface area contributed by atoms with Crippen molar-refractivity contribution in [3.8, 4) is 0 Å². The van der Waals surface area contributed by atoms with E-state index >= 15 is 0 Å². The van der Waals surface area contributed by atoms with Crippen molar-refractivity contribution in [2.75, 3.05) is 0 Å². The Morgan fingerprint density at radius 3 is 0.444 bits per heavy atom. The fourth-order valence-corrected chi connectivity index (χ4v) is 0. The van der Waals surface area contributed by atoms with E-state index in [0.29, 0.717) is 0 Å². The molecule has 0 fully saturated rings. The van der Waals surface area contributed by atoms with Crippen LogP contribution in [-0.2, 0) is 55.4 Å². The van der Waals surface area contributed by atoms with E-state index in [2.05, 4.69) is 0 Å². The van der Waals surface area contributed by atoms with Crippen LogP contribution in [0.3, 0.4) is 0 Å². The smallest absolute Gasteiger partial charge is 0 e. The molecule has 0 saturated heterocycles. The van der Waals surface area contributed by atoms with Crippen LogP contribution in [0.5, 0.6) is 0 Å². The van der Waals surface area contributed by atoms with Crippen LogP contribution in [0.15, 0.2) is 0 Å². The molecule has 0 aromatic heterocycles. The van der Waals surface area contributed by atoms with E-state index in [9.17, 15) is 0 Å². The van der Waals surface area contributed by atoms with E-state index in [1.165, 1.54) is 0 Å². The summed E-state index contributed by atoms with van der Waals surface area (Å²) < 4.78 is 0. The zero-order valence-electron chi connectivity index (χ0n) is 5.21. The van der Waals surface area contributed by atoms with E-state index in [4.69, 9.17) is 0 Å². The molecule has 0 aromatic rings. The van der Waals surface area contributed by atoms with Gasteiger partial charge in [-0.3, -0.25) is 0 Å². The molecular weight excluding hydrogens is 470 g/mol. The molecule has 0 heterocycles. The van der Waals surface area contributed by atoms with Crippen molar-refractivity contribution >= 4 is 82.5 Å². The first kappa shape index (κ1) is 124. The van der Waals surface area contributed by atoms with Gasteiger partial charge in [0.15, 0.2) is 0 Å². The molecule has 9 heavy (non-hydrogen) atoms. The summed E-state index contributed by atoms with van der Waals surface area (Å²) in [5.41, 5.74) is 0. The van der Waals surface area contributed by atoms with Gasteiger partial charge in [0.1, 0.15) is 0 Å². The van der Waals surface area contributed by atoms with Crippen LogP contribution in [0.1, 0.15) is 0 Å². The molecule has 0 unspecified atom stereocenters. The molecule has 0 spiro atoms. The van der Waals surface area contributed by atoms with Crippen molar-refractivity contribution in [2.24, 2.45) is 0 Å². The SMILES string of the molecule is [Al+3].[Al+3].[O-2].[O-2].[O-2].[SnH2].[SnH2].[Zn].[Zn]. The van der Waals surface area contributed by atoms with Crippen LogP contribution in [0.25, 0.3) is 0 Å². The van der Waals surface area contributed by atoms with Gasteiger partial charge >= 0.3 is 82.5 Å². The molecule has 0 saturated carbocycles. The van der Waals surface area contributed by atoms with E-state index in [0.717, 1.165) is 0 Å². The molecule has 0 aliphatic carbocycles. The molecule has 0 rings (SSSR count). The second-order valence-electron chi connectivity index (χ2n) is 0. The quantitative estimate of drug-likeness (QED) is 0.337. The summed E-state index contributed by atoms with van der Waals surface area (Å²) >= 11 is 0. The molecular formula is H4Al2O3Sn2Zn2. The van der Waals surface area contributed by atoms with Crippen molar-refractivity contribution in [3.05, 3.63) is 0 Å². The van der Waals surface area contributed by atoms with Gasteiger partial charge in [0.25, 0.3) is 0 Å². The minimum absolute atomic E-state index is 0. The van der Waals surface area contributed by atoms with Gasteiger partial charge in [-0.2, -0.15) is 0 Å². The van der Waals surface area contributed by atoms with E-state index in [1.54, 1.807) is 0 Å². The molecule has 0 bridgehead atoms. The summed E-state index contributed by atoms with van der Waals surface area (Å²) in [6, 6.07) is 0. The Kier molecular flexibility index (Phi) is 1310. The Morgan fingerprint density at radius 1 is 0.444 bits per heavy atom. The van der Waals surface area contributed by atoms with E-state index in [1.807, 2.05) is 0 Å². The van der Waals surface area contributed by atoms with Gasteiger partial charge in [0.05, 0.1) is 0 Å². The average molecular weight is 474 g/mol. The minimum atomic E-state index is 0. The van der Waals surface area contributed by atoms with Crippen LogP contribution in [-0.4, -0.2) is 82.5 Å². The van der Waals surface area contributed by atoms with Crippen molar-refractivity contribution in [3.63, 3.8) is 0 Å². The first-order chi connectivity index (χ1) is 0. The number of hydrogen-bond acceptors (Lipinski definition) is 0. The molecule has 4 radical (unpaired) electrons. The summed E-state index contributed by atoms with van der Waals surface area (Å²) in [5.74, 6) is 0. The third-order valence-corrected chi connectivity index (χ3v) is 0. The standard InChI is InChI=1S/2Al.3O.2Sn.2Zn.4H/q2*+3;3*-2;;;;;;;;. The van der Waals surface area contributed by atoms with Crippen molar-refractivity contribution in [1.82, 2.24) is 0 Å². The van der Waals surface area contributed by atoms with Crippen LogP contribution in [0.2, 0.25) is 0 Å². The molecule has 0 amide bonds. The van der Waals surface area contributed by atoms with Gasteiger partial charge in [-0.15, -0.1) is 0 Å². The zero-order valence-corrected chi connectivity index (χ0v) is 21.5. The Morgan fingerprint density at radius 2 is 0.444 bits per heavy atom. The fraction of sp³-hybridized carbons (Fsp3) is 0. The summed E-state index contributed by atoms with van der Waals surface area (Å²) in [7, 11) is 0. The van der Waals surface area contributed by atoms with E-state index in [-0.39, 0.29) is 138 Å². The largest absolute Gasteiger partial charge is 0 e. The second kappa shape index (κ2) is 95.6. The topological polar surface area (TPSA) is 85.5 Å². The predicted octanol–water partition coefficient (Wildman–Crippen LogP) is -2.96. The Bertz CT molecular complexity index is 17.8. The monoisotopic (exact) mass is 474 g/mol. The third kappa shape index (κ3) is 78.7. The predicted molar refractivity (Wildman–Crippen MR) is 30.7 cm³/mol. The van der Waals surface area contributed by atoms with Gasteiger partial charge in [-0.25, -0.2) is 0 Å². The molecule has 9 heteroatoms. The van der Waals surface area contributed by atoms with Crippen LogP contribution >= 0.6 is 0 Å². The van der Waals surface area contributed by atoms with Gasteiger partial charge in [-0.1, -0.05) is 0 Å². The second-order valence-corrected chi connectivity index (χ2v) is 0. The maximum atomic E-state index is 0. The summed E-state index contributed by atoms with van der Waals surface area (Å²) in [4.78, 5) is 0. The molecule has 3 nitrogen and oxygen atoms in total. The van der Waals surface area contributed by atoms with Crippen molar-refractivity contribution < 1.29 is 55.4 Å². The maximum absolute atomic E-state index is 0. The van der Waals surface area contributed by atoms with Gasteiger partial charge in [0, 0.05) is 39.0 Å². The first-order valence-corrected chi connectivity index (χ1v) is 0. The first-order valence-electron chi connectivity index (χ1n) is 0. The summed E-state index contributed by atoms with van der Waals surface area (Å²) in [5, 5.41) is 0. The van der Waals surface area contributed by atoms with Gasteiger partial charge < -0.3 is 16.4 Å². The Labute approximate surface area is 135 Å². The normalized spacial score (nSPS) is 0. The van der Waals surface area contributed by atoms with Gasteiger partial charge in [-0.05, 0) is 0 Å². The van der Waals surface area contributed by atoms with Crippen LogP contribution in [0.4, 0.5) is 0 Å². The minimum Gasteiger partial charge on any atom is 0 e. The fourth-order valence-electron chi connectivity index (χ4n) is 0. The Hall–Kier alpha value is 3.79.